The van der Waals surface area contributed by atoms with Gasteiger partial charge in [0.25, 0.3) is 0 Å². The summed E-state index contributed by atoms with van der Waals surface area (Å²) in [6, 6.07) is 26.6. The standard InChI is InChI=1S/C27H29N5O/c1-18(20-12-10-19(11-13-20)14-25(29)33)16-31-26(21-6-3-2-4-7-21)24-17-30-23-9-5-8-22(15-28)27(23)32-24/h2-13,18,24,26,30-32H,14,16-17H2,1H3,(H2,29,33)/t18-,24+,26+/m0/s1. The van der Waals surface area contributed by atoms with Gasteiger partial charge in [0, 0.05) is 13.1 Å². The van der Waals surface area contributed by atoms with Crippen LogP contribution < -0.4 is 21.7 Å². The summed E-state index contributed by atoms with van der Waals surface area (Å²) in [6.45, 7) is 3.71. The Kier molecular flexibility index (Phi) is 6.92. The van der Waals surface area contributed by atoms with Crippen molar-refractivity contribution in [3.05, 3.63) is 95.1 Å². The van der Waals surface area contributed by atoms with E-state index in [0.29, 0.717) is 5.56 Å². The lowest BCUT2D eigenvalue weighted by molar-refractivity contribution is -0.117. The lowest BCUT2D eigenvalue weighted by Gasteiger charge is -2.36. The second-order valence-corrected chi connectivity index (χ2v) is 8.55. The van der Waals surface area contributed by atoms with Crippen molar-refractivity contribution in [2.75, 3.05) is 23.7 Å². The van der Waals surface area contributed by atoms with Gasteiger partial charge >= 0.3 is 0 Å². The number of hydrogen-bond donors (Lipinski definition) is 4. The van der Waals surface area contributed by atoms with Gasteiger partial charge in [0.1, 0.15) is 6.07 Å². The number of para-hydroxylation sites is 1. The number of nitrogens with two attached hydrogens (primary N) is 1. The molecule has 3 aromatic rings. The van der Waals surface area contributed by atoms with Crippen molar-refractivity contribution in [2.24, 2.45) is 5.73 Å². The van der Waals surface area contributed by atoms with Gasteiger partial charge in [0.15, 0.2) is 0 Å². The summed E-state index contributed by atoms with van der Waals surface area (Å²) < 4.78 is 0. The van der Waals surface area contributed by atoms with Crippen LogP contribution in [0, 0.1) is 11.3 Å². The topological polar surface area (TPSA) is 103 Å². The van der Waals surface area contributed by atoms with Gasteiger partial charge in [-0.1, -0.05) is 67.6 Å². The molecule has 33 heavy (non-hydrogen) atoms. The molecule has 0 saturated carbocycles. The van der Waals surface area contributed by atoms with Gasteiger partial charge in [-0.3, -0.25) is 4.79 Å². The average molecular weight is 440 g/mol. The zero-order valence-corrected chi connectivity index (χ0v) is 18.7. The molecule has 0 aliphatic carbocycles. The third-order valence-electron chi connectivity index (χ3n) is 6.16. The molecule has 0 aromatic heterocycles. The van der Waals surface area contributed by atoms with E-state index in [2.05, 4.69) is 65.3 Å². The highest BCUT2D eigenvalue weighted by molar-refractivity contribution is 5.78. The summed E-state index contributed by atoms with van der Waals surface area (Å²) in [5.74, 6) is -0.0461. The molecule has 1 amide bonds. The van der Waals surface area contributed by atoms with Gasteiger partial charge in [-0.05, 0) is 34.7 Å². The van der Waals surface area contributed by atoms with E-state index in [1.54, 1.807) is 0 Å². The first-order valence-electron chi connectivity index (χ1n) is 11.2. The molecule has 168 valence electrons. The lowest BCUT2D eigenvalue weighted by Crippen LogP contribution is -2.45. The molecule has 3 atom stereocenters. The van der Waals surface area contributed by atoms with Crippen LogP contribution >= 0.6 is 0 Å². The smallest absolute Gasteiger partial charge is 0.221 e. The van der Waals surface area contributed by atoms with Crippen LogP contribution in [0.1, 0.15) is 41.1 Å². The highest BCUT2D eigenvalue weighted by atomic mass is 16.1. The molecule has 1 aliphatic rings. The number of nitrogens with one attached hydrogen (secondary N) is 3. The SMILES string of the molecule is C[C@@H](CN[C@H](c1ccccc1)[C@H]1CNc2cccc(C#N)c2N1)c1ccc(CC(N)=O)cc1. The highest BCUT2D eigenvalue weighted by Crippen LogP contribution is 2.33. The molecule has 6 heteroatoms. The third kappa shape index (κ3) is 5.33. The first-order valence-corrected chi connectivity index (χ1v) is 11.2. The van der Waals surface area contributed by atoms with Crippen LogP contribution in [0.25, 0.3) is 0 Å². The Morgan fingerprint density at radius 3 is 2.55 bits per heavy atom. The predicted molar refractivity (Wildman–Crippen MR) is 132 cm³/mol. The molecule has 0 radical (unpaired) electrons. The number of rotatable bonds is 8. The fourth-order valence-corrected chi connectivity index (χ4v) is 4.35. The zero-order valence-electron chi connectivity index (χ0n) is 18.7. The fraction of sp³-hybridized carbons (Fsp3) is 0.259. The quantitative estimate of drug-likeness (QED) is 0.426. The van der Waals surface area contributed by atoms with Crippen molar-refractivity contribution in [2.45, 2.75) is 31.3 Å². The number of nitriles is 1. The van der Waals surface area contributed by atoms with Gasteiger partial charge in [0.05, 0.1) is 35.4 Å². The fourth-order valence-electron chi connectivity index (χ4n) is 4.35. The average Bonchev–Trinajstić information content (AvgIpc) is 2.84. The highest BCUT2D eigenvalue weighted by Gasteiger charge is 2.28. The molecular formula is C27H29N5O. The number of amides is 1. The van der Waals surface area contributed by atoms with Crippen molar-refractivity contribution >= 4 is 17.3 Å². The molecule has 1 aliphatic heterocycles. The first kappa shape index (κ1) is 22.4. The summed E-state index contributed by atoms with van der Waals surface area (Å²) in [6.07, 6.45) is 0.259. The van der Waals surface area contributed by atoms with E-state index < -0.39 is 0 Å². The van der Waals surface area contributed by atoms with Crippen LogP contribution in [-0.4, -0.2) is 25.0 Å². The molecule has 0 saturated heterocycles. The van der Waals surface area contributed by atoms with E-state index in [1.165, 1.54) is 11.1 Å². The van der Waals surface area contributed by atoms with Crippen LogP contribution in [0.4, 0.5) is 11.4 Å². The van der Waals surface area contributed by atoms with Crippen LogP contribution in [0.5, 0.6) is 0 Å². The summed E-state index contributed by atoms with van der Waals surface area (Å²) >= 11 is 0. The van der Waals surface area contributed by atoms with Crippen molar-refractivity contribution in [1.82, 2.24) is 5.32 Å². The van der Waals surface area contributed by atoms with E-state index in [9.17, 15) is 10.1 Å². The van der Waals surface area contributed by atoms with Crippen LogP contribution in [-0.2, 0) is 11.2 Å². The number of anilines is 2. The lowest BCUT2D eigenvalue weighted by atomic mass is 9.94. The van der Waals surface area contributed by atoms with Crippen molar-refractivity contribution in [1.29, 1.82) is 5.26 Å². The second kappa shape index (κ2) is 10.2. The monoisotopic (exact) mass is 439 g/mol. The minimum absolute atomic E-state index is 0.0511. The predicted octanol–water partition coefficient (Wildman–Crippen LogP) is 3.93. The minimum atomic E-state index is -0.321. The number of nitrogens with zero attached hydrogens (tertiary/aromatic N) is 1. The van der Waals surface area contributed by atoms with Crippen molar-refractivity contribution in [3.63, 3.8) is 0 Å². The molecule has 1 heterocycles. The van der Waals surface area contributed by atoms with Crippen LogP contribution in [0.3, 0.4) is 0 Å². The molecule has 0 bridgehead atoms. The largest absolute Gasteiger partial charge is 0.381 e. The van der Waals surface area contributed by atoms with E-state index in [1.807, 2.05) is 36.4 Å². The molecule has 6 nitrogen and oxygen atoms in total. The Bertz CT molecular complexity index is 1140. The Balaban J connectivity index is 1.50. The van der Waals surface area contributed by atoms with Gasteiger partial charge in [-0.25, -0.2) is 0 Å². The van der Waals surface area contributed by atoms with Crippen LogP contribution in [0.15, 0.2) is 72.8 Å². The number of primary amides is 1. The normalized spacial score (nSPS) is 16.4. The van der Waals surface area contributed by atoms with E-state index in [0.717, 1.165) is 30.0 Å². The van der Waals surface area contributed by atoms with Crippen molar-refractivity contribution < 1.29 is 4.79 Å². The van der Waals surface area contributed by atoms with Gasteiger partial charge < -0.3 is 21.7 Å². The van der Waals surface area contributed by atoms with Crippen molar-refractivity contribution in [3.8, 4) is 6.07 Å². The molecule has 4 rings (SSSR count). The maximum atomic E-state index is 11.2. The third-order valence-corrected chi connectivity index (χ3v) is 6.16. The van der Waals surface area contributed by atoms with Gasteiger partial charge in [0.2, 0.25) is 5.91 Å². The zero-order chi connectivity index (χ0) is 23.2. The number of hydrogen-bond acceptors (Lipinski definition) is 5. The number of carbonyl (C=O) groups is 1. The van der Waals surface area contributed by atoms with E-state index in [4.69, 9.17) is 5.73 Å². The summed E-state index contributed by atoms with van der Waals surface area (Å²) in [5, 5.41) is 20.4. The molecule has 0 unspecified atom stereocenters. The second-order valence-electron chi connectivity index (χ2n) is 8.55. The molecule has 5 N–H and O–H groups in total. The molecule has 3 aromatic carbocycles. The van der Waals surface area contributed by atoms with E-state index >= 15 is 0 Å². The number of fused-ring (bicyclic) bond motifs is 1. The summed E-state index contributed by atoms with van der Waals surface area (Å²) in [7, 11) is 0. The van der Waals surface area contributed by atoms with Crippen LogP contribution in [0.2, 0.25) is 0 Å². The summed E-state index contributed by atoms with van der Waals surface area (Å²) in [4.78, 5) is 11.2. The summed E-state index contributed by atoms with van der Waals surface area (Å²) in [5.41, 5.74) is 11.1. The van der Waals surface area contributed by atoms with Gasteiger partial charge in [-0.15, -0.1) is 0 Å². The number of carbonyl (C=O) groups excluding carboxylic acids is 1. The number of benzene rings is 3. The Morgan fingerprint density at radius 1 is 1.09 bits per heavy atom. The van der Waals surface area contributed by atoms with Gasteiger partial charge in [-0.2, -0.15) is 5.26 Å². The molecule has 0 fully saturated rings. The Labute approximate surface area is 194 Å². The Hall–Kier alpha value is -3.82. The first-order chi connectivity index (χ1) is 16.0. The maximum absolute atomic E-state index is 11.2. The Morgan fingerprint density at radius 2 is 1.85 bits per heavy atom. The van der Waals surface area contributed by atoms with E-state index in [-0.39, 0.29) is 30.3 Å². The molecule has 0 spiro atoms. The molecular weight excluding hydrogens is 410 g/mol. The maximum Gasteiger partial charge on any atom is 0.221 e. The minimum Gasteiger partial charge on any atom is -0.381 e.